The van der Waals surface area contributed by atoms with Crippen molar-refractivity contribution in [1.82, 2.24) is 14.5 Å². The third-order valence-electron chi connectivity index (χ3n) is 3.91. The van der Waals surface area contributed by atoms with Gasteiger partial charge in [-0.3, -0.25) is 9.69 Å². The summed E-state index contributed by atoms with van der Waals surface area (Å²) < 4.78 is 7.11. The Bertz CT molecular complexity index is 680. The second kappa shape index (κ2) is 5.34. The third-order valence-corrected chi connectivity index (χ3v) is 3.91. The molecular formula is C15H19N3O2. The standard InChI is InChI=1S/C15H19N3O2/c1-11-10-20-8-7-18(11)9-13-15(19)17(2)14-6-4-3-5-12(14)16-13/h3-6,11H,7-10H2,1-2H3/t11-/m1/s1. The first-order valence-electron chi connectivity index (χ1n) is 6.93. The van der Waals surface area contributed by atoms with E-state index in [0.717, 1.165) is 24.2 Å². The van der Waals surface area contributed by atoms with Gasteiger partial charge in [-0.1, -0.05) is 12.1 Å². The Morgan fingerprint density at radius 2 is 2.20 bits per heavy atom. The Hall–Kier alpha value is -1.72. The number of hydrogen-bond donors (Lipinski definition) is 0. The van der Waals surface area contributed by atoms with Crippen molar-refractivity contribution in [2.45, 2.75) is 19.5 Å². The molecule has 0 spiro atoms. The number of aromatic nitrogens is 2. The van der Waals surface area contributed by atoms with E-state index < -0.39 is 0 Å². The van der Waals surface area contributed by atoms with E-state index in [1.54, 1.807) is 11.6 Å². The Labute approximate surface area is 117 Å². The molecule has 2 aromatic rings. The van der Waals surface area contributed by atoms with Gasteiger partial charge < -0.3 is 9.30 Å². The van der Waals surface area contributed by atoms with Crippen LogP contribution in [0.2, 0.25) is 0 Å². The monoisotopic (exact) mass is 273 g/mol. The molecule has 0 saturated carbocycles. The van der Waals surface area contributed by atoms with Gasteiger partial charge in [0.1, 0.15) is 5.69 Å². The molecule has 5 heteroatoms. The zero-order valence-corrected chi connectivity index (χ0v) is 11.9. The van der Waals surface area contributed by atoms with Crippen molar-refractivity contribution in [2.24, 2.45) is 7.05 Å². The molecule has 20 heavy (non-hydrogen) atoms. The maximum atomic E-state index is 12.4. The molecule has 1 atom stereocenters. The molecule has 1 saturated heterocycles. The van der Waals surface area contributed by atoms with Crippen LogP contribution in [-0.4, -0.2) is 40.3 Å². The van der Waals surface area contributed by atoms with Crippen molar-refractivity contribution in [1.29, 1.82) is 0 Å². The maximum absolute atomic E-state index is 12.4. The fourth-order valence-electron chi connectivity index (χ4n) is 2.63. The zero-order chi connectivity index (χ0) is 14.1. The van der Waals surface area contributed by atoms with Crippen LogP contribution in [0.3, 0.4) is 0 Å². The van der Waals surface area contributed by atoms with Crippen LogP contribution in [0.5, 0.6) is 0 Å². The number of para-hydroxylation sites is 2. The highest BCUT2D eigenvalue weighted by atomic mass is 16.5. The van der Waals surface area contributed by atoms with E-state index >= 15 is 0 Å². The summed E-state index contributed by atoms with van der Waals surface area (Å²) in [5.74, 6) is 0. The highest BCUT2D eigenvalue weighted by Crippen LogP contribution is 2.12. The lowest BCUT2D eigenvalue weighted by Gasteiger charge is -2.32. The minimum Gasteiger partial charge on any atom is -0.379 e. The minimum absolute atomic E-state index is 0.0117. The topological polar surface area (TPSA) is 47.4 Å². The molecule has 1 fully saturated rings. The van der Waals surface area contributed by atoms with Crippen molar-refractivity contribution < 1.29 is 4.74 Å². The van der Waals surface area contributed by atoms with E-state index in [0.29, 0.717) is 24.9 Å². The van der Waals surface area contributed by atoms with E-state index in [9.17, 15) is 4.79 Å². The summed E-state index contributed by atoms with van der Waals surface area (Å²) in [5, 5.41) is 0. The summed E-state index contributed by atoms with van der Waals surface area (Å²) in [6.45, 7) is 4.98. The van der Waals surface area contributed by atoms with Crippen molar-refractivity contribution >= 4 is 11.0 Å². The van der Waals surface area contributed by atoms with Gasteiger partial charge in [-0.15, -0.1) is 0 Å². The van der Waals surface area contributed by atoms with E-state index in [1.165, 1.54) is 0 Å². The van der Waals surface area contributed by atoms with Gasteiger partial charge in [-0.2, -0.15) is 0 Å². The molecule has 0 amide bonds. The molecule has 5 nitrogen and oxygen atoms in total. The summed E-state index contributed by atoms with van der Waals surface area (Å²) in [6.07, 6.45) is 0. The van der Waals surface area contributed by atoms with Gasteiger partial charge in [-0.05, 0) is 19.1 Å². The molecule has 106 valence electrons. The third kappa shape index (κ3) is 2.34. The first-order valence-corrected chi connectivity index (χ1v) is 6.93. The van der Waals surface area contributed by atoms with Crippen LogP contribution in [0, 0.1) is 0 Å². The van der Waals surface area contributed by atoms with Crippen LogP contribution < -0.4 is 5.56 Å². The largest absolute Gasteiger partial charge is 0.379 e. The van der Waals surface area contributed by atoms with Gasteiger partial charge in [0.15, 0.2) is 0 Å². The maximum Gasteiger partial charge on any atom is 0.273 e. The smallest absolute Gasteiger partial charge is 0.273 e. The SMILES string of the molecule is C[C@@H]1COCCN1Cc1nc2ccccc2n(C)c1=O. The Balaban J connectivity index is 1.99. The van der Waals surface area contributed by atoms with Crippen LogP contribution in [0.4, 0.5) is 0 Å². The average molecular weight is 273 g/mol. The quantitative estimate of drug-likeness (QED) is 0.823. The number of nitrogens with zero attached hydrogens (tertiary/aromatic N) is 3. The molecule has 0 radical (unpaired) electrons. The minimum atomic E-state index is -0.0117. The molecule has 0 N–H and O–H groups in total. The van der Waals surface area contributed by atoms with Gasteiger partial charge in [0.05, 0.1) is 24.2 Å². The predicted octanol–water partition coefficient (Wildman–Crippen LogP) is 1.15. The fourth-order valence-corrected chi connectivity index (χ4v) is 2.63. The first-order chi connectivity index (χ1) is 9.66. The lowest BCUT2D eigenvalue weighted by atomic mass is 10.2. The molecule has 2 heterocycles. The zero-order valence-electron chi connectivity index (χ0n) is 11.9. The highest BCUT2D eigenvalue weighted by molar-refractivity contribution is 5.74. The van der Waals surface area contributed by atoms with Gasteiger partial charge >= 0.3 is 0 Å². The lowest BCUT2D eigenvalue weighted by Crippen LogP contribution is -2.44. The van der Waals surface area contributed by atoms with Crippen LogP contribution in [0.1, 0.15) is 12.6 Å². The molecule has 0 bridgehead atoms. The number of aryl methyl sites for hydroxylation is 1. The number of hydrogen-bond acceptors (Lipinski definition) is 4. The summed E-state index contributed by atoms with van der Waals surface area (Å²) in [5.41, 5.74) is 2.34. The molecule has 1 aromatic heterocycles. The Morgan fingerprint density at radius 1 is 1.40 bits per heavy atom. The second-order valence-corrected chi connectivity index (χ2v) is 5.31. The van der Waals surface area contributed by atoms with E-state index in [4.69, 9.17) is 4.74 Å². The molecule has 1 aromatic carbocycles. The normalized spacial score (nSPS) is 20.4. The van der Waals surface area contributed by atoms with Crippen molar-refractivity contribution in [3.63, 3.8) is 0 Å². The van der Waals surface area contributed by atoms with Gasteiger partial charge in [0.25, 0.3) is 5.56 Å². The van der Waals surface area contributed by atoms with Crippen molar-refractivity contribution in [2.75, 3.05) is 19.8 Å². The summed E-state index contributed by atoms with van der Waals surface area (Å²) in [6, 6.07) is 8.06. The summed E-state index contributed by atoms with van der Waals surface area (Å²) >= 11 is 0. The van der Waals surface area contributed by atoms with Crippen molar-refractivity contribution in [3.8, 4) is 0 Å². The van der Waals surface area contributed by atoms with Crippen LogP contribution in [-0.2, 0) is 18.3 Å². The van der Waals surface area contributed by atoms with E-state index in [2.05, 4.69) is 16.8 Å². The van der Waals surface area contributed by atoms with E-state index in [-0.39, 0.29) is 5.56 Å². The fraction of sp³-hybridized carbons (Fsp3) is 0.467. The summed E-state index contributed by atoms with van der Waals surface area (Å²) in [4.78, 5) is 19.2. The lowest BCUT2D eigenvalue weighted by molar-refractivity contribution is -0.00509. The van der Waals surface area contributed by atoms with Gasteiger partial charge in [0.2, 0.25) is 0 Å². The molecule has 0 aliphatic carbocycles. The number of morpholine rings is 1. The number of rotatable bonds is 2. The van der Waals surface area contributed by atoms with E-state index in [1.807, 2.05) is 24.3 Å². The highest BCUT2D eigenvalue weighted by Gasteiger charge is 2.21. The summed E-state index contributed by atoms with van der Waals surface area (Å²) in [7, 11) is 1.80. The predicted molar refractivity (Wildman–Crippen MR) is 77.7 cm³/mol. The van der Waals surface area contributed by atoms with Gasteiger partial charge in [-0.25, -0.2) is 4.98 Å². The van der Waals surface area contributed by atoms with Crippen LogP contribution in [0.15, 0.2) is 29.1 Å². The molecule has 1 aliphatic heterocycles. The molecular weight excluding hydrogens is 254 g/mol. The van der Waals surface area contributed by atoms with Gasteiger partial charge in [0, 0.05) is 26.2 Å². The van der Waals surface area contributed by atoms with Crippen LogP contribution in [0.25, 0.3) is 11.0 Å². The second-order valence-electron chi connectivity index (χ2n) is 5.31. The number of fused-ring (bicyclic) bond motifs is 1. The van der Waals surface area contributed by atoms with Crippen molar-refractivity contribution in [3.05, 3.63) is 40.3 Å². The average Bonchev–Trinajstić information content (AvgIpc) is 2.47. The Kier molecular flexibility index (Phi) is 3.54. The molecule has 1 aliphatic rings. The van der Waals surface area contributed by atoms with Crippen LogP contribution >= 0.6 is 0 Å². The molecule has 3 rings (SSSR count). The molecule has 0 unspecified atom stereocenters. The first kappa shape index (κ1) is 13.3. The number of benzene rings is 1. The Morgan fingerprint density at radius 3 is 3.00 bits per heavy atom. The number of ether oxygens (including phenoxy) is 1.